The Hall–Kier alpha value is -1.32. The van der Waals surface area contributed by atoms with Gasteiger partial charge in [0.25, 0.3) is 0 Å². The number of hydrogen-bond donors (Lipinski definition) is 0. The Morgan fingerprint density at radius 1 is 1.26 bits per heavy atom. The lowest BCUT2D eigenvalue weighted by atomic mass is 10.0. The molecule has 2 nitrogen and oxygen atoms in total. The number of carbonyl (C=O) groups is 1. The van der Waals surface area contributed by atoms with Crippen LogP contribution in [0.25, 0.3) is 0 Å². The largest absolute Gasteiger partial charge is 0.496 e. The third-order valence-corrected chi connectivity index (χ3v) is 3.60. The number of benzene rings is 2. The number of Topliss-reactive ketones (excluding diaryl/α,β-unsaturated/α-hetero) is 1. The van der Waals surface area contributed by atoms with E-state index in [4.69, 9.17) is 16.3 Å². The third-order valence-electron chi connectivity index (χ3n) is 2.77. The average molecular weight is 340 g/mol. The molecule has 0 unspecified atom stereocenters. The average Bonchev–Trinajstić information content (AvgIpc) is 2.42. The SMILES string of the molecule is COc1ccccc1CC(=O)c1cc(Br)ccc1Cl. The van der Waals surface area contributed by atoms with Gasteiger partial charge in [-0.15, -0.1) is 0 Å². The summed E-state index contributed by atoms with van der Waals surface area (Å²) in [6.45, 7) is 0. The molecule has 4 heteroatoms. The van der Waals surface area contributed by atoms with E-state index in [1.807, 2.05) is 30.3 Å². The van der Waals surface area contributed by atoms with Gasteiger partial charge >= 0.3 is 0 Å². The summed E-state index contributed by atoms with van der Waals surface area (Å²) in [7, 11) is 1.59. The highest BCUT2D eigenvalue weighted by atomic mass is 79.9. The zero-order chi connectivity index (χ0) is 13.8. The van der Waals surface area contributed by atoms with Crippen molar-refractivity contribution in [3.8, 4) is 5.75 Å². The summed E-state index contributed by atoms with van der Waals surface area (Å²) in [6.07, 6.45) is 0.264. The van der Waals surface area contributed by atoms with Crippen molar-refractivity contribution < 1.29 is 9.53 Å². The van der Waals surface area contributed by atoms with Crippen LogP contribution in [0, 0.1) is 0 Å². The number of para-hydroxylation sites is 1. The van der Waals surface area contributed by atoms with Gasteiger partial charge in [-0.1, -0.05) is 45.7 Å². The Morgan fingerprint density at radius 2 is 2.00 bits per heavy atom. The van der Waals surface area contributed by atoms with E-state index in [9.17, 15) is 4.79 Å². The van der Waals surface area contributed by atoms with E-state index in [0.29, 0.717) is 16.3 Å². The molecule has 2 aromatic carbocycles. The molecule has 0 heterocycles. The Labute approximate surface area is 125 Å². The van der Waals surface area contributed by atoms with Crippen molar-refractivity contribution >= 4 is 33.3 Å². The highest BCUT2D eigenvalue weighted by Crippen LogP contribution is 2.24. The standard InChI is InChI=1S/C15H12BrClO2/c1-19-15-5-3-2-4-10(15)8-14(18)12-9-11(16)6-7-13(12)17/h2-7,9H,8H2,1H3. The molecule has 0 bridgehead atoms. The van der Waals surface area contributed by atoms with Crippen molar-refractivity contribution in [2.45, 2.75) is 6.42 Å². The summed E-state index contributed by atoms with van der Waals surface area (Å²) in [5, 5.41) is 0.461. The van der Waals surface area contributed by atoms with Crippen molar-refractivity contribution in [2.75, 3.05) is 7.11 Å². The third kappa shape index (κ3) is 3.37. The van der Waals surface area contributed by atoms with Crippen molar-refractivity contribution in [3.63, 3.8) is 0 Å². The van der Waals surface area contributed by atoms with E-state index >= 15 is 0 Å². The quantitative estimate of drug-likeness (QED) is 0.765. The highest BCUT2D eigenvalue weighted by Gasteiger charge is 2.13. The van der Waals surface area contributed by atoms with E-state index in [2.05, 4.69) is 15.9 Å². The minimum absolute atomic E-state index is 0.0317. The van der Waals surface area contributed by atoms with Crippen LogP contribution in [0.1, 0.15) is 15.9 Å². The first kappa shape index (κ1) is 14.1. The summed E-state index contributed by atoms with van der Waals surface area (Å²) in [6, 6.07) is 12.7. The molecule has 0 saturated heterocycles. The first-order chi connectivity index (χ1) is 9.11. The maximum absolute atomic E-state index is 12.3. The Kier molecular flexibility index (Phi) is 4.61. The fourth-order valence-corrected chi connectivity index (χ4v) is 2.41. The summed E-state index contributed by atoms with van der Waals surface area (Å²) in [5.74, 6) is 0.678. The molecule has 0 fully saturated rings. The maximum atomic E-state index is 12.3. The molecule has 0 amide bonds. The monoisotopic (exact) mass is 338 g/mol. The number of methoxy groups -OCH3 is 1. The molecule has 0 spiro atoms. The lowest BCUT2D eigenvalue weighted by molar-refractivity contribution is 0.0992. The van der Waals surface area contributed by atoms with Gasteiger partial charge in [0, 0.05) is 22.0 Å². The van der Waals surface area contributed by atoms with Crippen LogP contribution < -0.4 is 4.74 Å². The second-order valence-corrected chi connectivity index (χ2v) is 5.36. The van der Waals surface area contributed by atoms with Crippen LogP contribution in [0.5, 0.6) is 5.75 Å². The zero-order valence-electron chi connectivity index (χ0n) is 10.3. The van der Waals surface area contributed by atoms with Gasteiger partial charge in [-0.05, 0) is 24.3 Å². The minimum atomic E-state index is -0.0317. The highest BCUT2D eigenvalue weighted by molar-refractivity contribution is 9.10. The molecule has 0 atom stereocenters. The minimum Gasteiger partial charge on any atom is -0.496 e. The van der Waals surface area contributed by atoms with Gasteiger partial charge in [-0.25, -0.2) is 0 Å². The van der Waals surface area contributed by atoms with Gasteiger partial charge in [0.05, 0.1) is 12.1 Å². The smallest absolute Gasteiger partial charge is 0.168 e. The fourth-order valence-electron chi connectivity index (χ4n) is 1.83. The number of ether oxygens (including phenoxy) is 1. The second-order valence-electron chi connectivity index (χ2n) is 4.04. The van der Waals surface area contributed by atoms with E-state index in [0.717, 1.165) is 10.0 Å². The molecule has 0 aliphatic rings. The van der Waals surface area contributed by atoms with E-state index in [-0.39, 0.29) is 12.2 Å². The van der Waals surface area contributed by atoms with Crippen LogP contribution in [-0.4, -0.2) is 12.9 Å². The van der Waals surface area contributed by atoms with Gasteiger partial charge < -0.3 is 4.74 Å². The van der Waals surface area contributed by atoms with E-state index in [1.54, 1.807) is 19.2 Å². The van der Waals surface area contributed by atoms with Gasteiger partial charge in [0.1, 0.15) is 5.75 Å². The molecule has 0 aromatic heterocycles. The molecule has 0 aliphatic carbocycles. The summed E-state index contributed by atoms with van der Waals surface area (Å²) < 4.78 is 6.08. The first-order valence-electron chi connectivity index (χ1n) is 5.72. The number of carbonyl (C=O) groups excluding carboxylic acids is 1. The molecule has 0 N–H and O–H groups in total. The topological polar surface area (TPSA) is 26.3 Å². The van der Waals surface area contributed by atoms with E-state index < -0.39 is 0 Å². The van der Waals surface area contributed by atoms with E-state index in [1.165, 1.54) is 0 Å². The molecular weight excluding hydrogens is 328 g/mol. The van der Waals surface area contributed by atoms with Gasteiger partial charge in [0.15, 0.2) is 5.78 Å². The second kappa shape index (κ2) is 6.22. The van der Waals surface area contributed by atoms with Crippen molar-refractivity contribution in [3.05, 3.63) is 63.1 Å². The fraction of sp³-hybridized carbons (Fsp3) is 0.133. The molecule has 0 radical (unpaired) electrons. The summed E-state index contributed by atoms with van der Waals surface area (Å²) in [4.78, 5) is 12.3. The van der Waals surface area contributed by atoms with Crippen LogP contribution in [-0.2, 0) is 6.42 Å². The predicted molar refractivity (Wildman–Crippen MR) is 80.2 cm³/mol. The Balaban J connectivity index is 2.28. The number of halogens is 2. The van der Waals surface area contributed by atoms with Gasteiger partial charge in [-0.3, -0.25) is 4.79 Å². The van der Waals surface area contributed by atoms with Crippen LogP contribution >= 0.6 is 27.5 Å². The molecule has 2 aromatic rings. The van der Waals surface area contributed by atoms with Gasteiger partial charge in [-0.2, -0.15) is 0 Å². The Morgan fingerprint density at radius 3 is 2.74 bits per heavy atom. The molecular formula is C15H12BrClO2. The molecule has 98 valence electrons. The Bertz CT molecular complexity index is 611. The summed E-state index contributed by atoms with van der Waals surface area (Å²) >= 11 is 9.40. The maximum Gasteiger partial charge on any atom is 0.168 e. The van der Waals surface area contributed by atoms with Crippen molar-refractivity contribution in [2.24, 2.45) is 0 Å². The van der Waals surface area contributed by atoms with Crippen molar-refractivity contribution in [1.82, 2.24) is 0 Å². The molecule has 0 aliphatic heterocycles. The predicted octanol–water partition coefficient (Wildman–Crippen LogP) is 4.54. The van der Waals surface area contributed by atoms with Gasteiger partial charge in [0.2, 0.25) is 0 Å². The lowest BCUT2D eigenvalue weighted by Gasteiger charge is -2.08. The normalized spacial score (nSPS) is 10.3. The lowest BCUT2D eigenvalue weighted by Crippen LogP contribution is -2.05. The van der Waals surface area contributed by atoms with Crippen molar-refractivity contribution in [1.29, 1.82) is 0 Å². The number of rotatable bonds is 4. The molecule has 0 saturated carbocycles. The first-order valence-corrected chi connectivity index (χ1v) is 6.89. The summed E-state index contributed by atoms with van der Waals surface area (Å²) in [5.41, 5.74) is 1.37. The molecule has 19 heavy (non-hydrogen) atoms. The van der Waals surface area contributed by atoms with Crippen LogP contribution in [0.4, 0.5) is 0 Å². The molecule has 2 rings (SSSR count). The zero-order valence-corrected chi connectivity index (χ0v) is 12.7. The number of ketones is 1. The van der Waals surface area contributed by atoms with Crippen LogP contribution in [0.15, 0.2) is 46.9 Å². The van der Waals surface area contributed by atoms with Crippen LogP contribution in [0.3, 0.4) is 0 Å². The van der Waals surface area contributed by atoms with Crippen LogP contribution in [0.2, 0.25) is 5.02 Å². The number of hydrogen-bond acceptors (Lipinski definition) is 2.